The van der Waals surface area contributed by atoms with Crippen molar-refractivity contribution in [1.82, 2.24) is 10.2 Å². The quantitative estimate of drug-likeness (QED) is 0.660. The maximum atomic E-state index is 12.5. The van der Waals surface area contributed by atoms with Crippen molar-refractivity contribution in [2.45, 2.75) is 50.6 Å². The number of rotatable bonds is 5. The second-order valence-corrected chi connectivity index (χ2v) is 7.00. The molecule has 1 saturated heterocycles. The van der Waals surface area contributed by atoms with Gasteiger partial charge in [0.2, 0.25) is 17.7 Å². The van der Waals surface area contributed by atoms with Gasteiger partial charge in [-0.05, 0) is 43.4 Å². The molecule has 2 aliphatic carbocycles. The molecule has 3 fully saturated rings. The van der Waals surface area contributed by atoms with Crippen molar-refractivity contribution in [3.8, 4) is 0 Å². The summed E-state index contributed by atoms with van der Waals surface area (Å²) in [6.07, 6.45) is 6.04. The maximum Gasteiger partial charge on any atom is 0.249 e. The molecule has 1 N–H and O–H groups in total. The molecule has 24 heavy (non-hydrogen) atoms. The highest BCUT2D eigenvalue weighted by Crippen LogP contribution is 2.47. The number of nitrogens with zero attached hydrogens (tertiary/aromatic N) is 1. The van der Waals surface area contributed by atoms with E-state index in [2.05, 4.69) is 12.2 Å². The minimum Gasteiger partial charge on any atom is -0.461 e. The van der Waals surface area contributed by atoms with E-state index in [0.717, 1.165) is 25.0 Å². The monoisotopic (exact) mass is 328 g/mol. The van der Waals surface area contributed by atoms with Crippen LogP contribution < -0.4 is 5.32 Å². The molecule has 3 aliphatic rings. The summed E-state index contributed by atoms with van der Waals surface area (Å²) in [7, 11) is 0. The number of furan rings is 1. The Bertz CT molecular complexity index is 731. The standard InChI is InChI=1S/C18H20N2O4/c1-10-8-13(10)15-6-4-12(24-15)5-7-17(22)20(11-2-3-11)14-9-16(21)19-18(14)23/h4-7,10-11,13-14H,2-3,8-9H2,1H3,(H,19,21,23). The molecule has 4 rings (SSSR count). The number of hydrogen-bond donors (Lipinski definition) is 1. The first-order valence-electron chi connectivity index (χ1n) is 8.46. The van der Waals surface area contributed by atoms with Gasteiger partial charge in [0, 0.05) is 18.0 Å². The molecular weight excluding hydrogens is 308 g/mol. The maximum absolute atomic E-state index is 12.5. The Labute approximate surface area is 139 Å². The van der Waals surface area contributed by atoms with Crippen LogP contribution in [0.4, 0.5) is 0 Å². The SMILES string of the molecule is CC1CC1c1ccc(C=CC(=O)N(C2CC2)C2CC(=O)NC2=O)o1. The molecule has 2 saturated carbocycles. The van der Waals surface area contributed by atoms with Crippen LogP contribution in [0.1, 0.15) is 50.0 Å². The highest BCUT2D eigenvalue weighted by Gasteiger charge is 2.44. The van der Waals surface area contributed by atoms with Gasteiger partial charge in [-0.25, -0.2) is 0 Å². The molecule has 3 atom stereocenters. The third kappa shape index (κ3) is 2.88. The van der Waals surface area contributed by atoms with Crippen molar-refractivity contribution >= 4 is 23.8 Å². The molecule has 3 amide bonds. The molecule has 0 radical (unpaired) electrons. The first kappa shape index (κ1) is 15.2. The Morgan fingerprint density at radius 3 is 2.67 bits per heavy atom. The largest absolute Gasteiger partial charge is 0.461 e. The third-order valence-electron chi connectivity index (χ3n) is 4.99. The van der Waals surface area contributed by atoms with Crippen molar-refractivity contribution in [3.63, 3.8) is 0 Å². The van der Waals surface area contributed by atoms with Crippen molar-refractivity contribution in [1.29, 1.82) is 0 Å². The summed E-state index contributed by atoms with van der Waals surface area (Å²) >= 11 is 0. The Hall–Kier alpha value is -2.37. The van der Waals surface area contributed by atoms with Crippen LogP contribution in [-0.2, 0) is 14.4 Å². The summed E-state index contributed by atoms with van der Waals surface area (Å²) in [6.45, 7) is 2.19. The second-order valence-electron chi connectivity index (χ2n) is 7.00. The van der Waals surface area contributed by atoms with Crippen molar-refractivity contribution in [2.24, 2.45) is 5.92 Å². The molecular formula is C18H20N2O4. The van der Waals surface area contributed by atoms with Crippen molar-refractivity contribution < 1.29 is 18.8 Å². The van der Waals surface area contributed by atoms with Gasteiger partial charge in [0.15, 0.2) is 0 Å². The zero-order chi connectivity index (χ0) is 16.8. The average molecular weight is 328 g/mol. The van der Waals surface area contributed by atoms with Gasteiger partial charge < -0.3 is 9.32 Å². The first-order chi connectivity index (χ1) is 11.5. The van der Waals surface area contributed by atoms with E-state index in [9.17, 15) is 14.4 Å². The molecule has 1 aliphatic heterocycles. The van der Waals surface area contributed by atoms with Crippen LogP contribution in [-0.4, -0.2) is 34.7 Å². The highest BCUT2D eigenvalue weighted by molar-refractivity contribution is 6.07. The topological polar surface area (TPSA) is 79.6 Å². The highest BCUT2D eigenvalue weighted by atomic mass is 16.3. The minimum absolute atomic E-state index is 0.0549. The van der Waals surface area contributed by atoms with Gasteiger partial charge in [-0.1, -0.05) is 6.92 Å². The molecule has 1 aromatic rings. The molecule has 126 valence electrons. The van der Waals surface area contributed by atoms with Crippen LogP contribution in [0.15, 0.2) is 22.6 Å². The fourth-order valence-corrected chi connectivity index (χ4v) is 3.32. The zero-order valence-electron chi connectivity index (χ0n) is 13.5. The van der Waals surface area contributed by atoms with E-state index in [-0.39, 0.29) is 30.2 Å². The Morgan fingerprint density at radius 2 is 2.08 bits per heavy atom. The van der Waals surface area contributed by atoms with E-state index in [0.29, 0.717) is 17.6 Å². The molecule has 2 heterocycles. The van der Waals surface area contributed by atoms with E-state index in [1.165, 1.54) is 6.08 Å². The summed E-state index contributed by atoms with van der Waals surface area (Å²) in [6, 6.07) is 3.20. The van der Waals surface area contributed by atoms with Crippen LogP contribution in [0, 0.1) is 5.92 Å². The molecule has 0 bridgehead atoms. The summed E-state index contributed by atoms with van der Waals surface area (Å²) in [5.74, 6) is 1.83. The predicted molar refractivity (Wildman–Crippen MR) is 85.7 cm³/mol. The molecule has 6 nitrogen and oxygen atoms in total. The minimum atomic E-state index is -0.679. The van der Waals surface area contributed by atoms with Crippen LogP contribution in [0.2, 0.25) is 0 Å². The van der Waals surface area contributed by atoms with E-state index in [4.69, 9.17) is 4.42 Å². The molecule has 3 unspecified atom stereocenters. The molecule has 0 aromatic carbocycles. The van der Waals surface area contributed by atoms with Gasteiger partial charge in [0.1, 0.15) is 17.6 Å². The van der Waals surface area contributed by atoms with Crippen molar-refractivity contribution in [2.75, 3.05) is 0 Å². The fraction of sp³-hybridized carbons (Fsp3) is 0.500. The zero-order valence-corrected chi connectivity index (χ0v) is 13.5. The van der Waals surface area contributed by atoms with Gasteiger partial charge in [-0.2, -0.15) is 0 Å². The second kappa shape index (κ2) is 5.61. The fourth-order valence-electron chi connectivity index (χ4n) is 3.32. The summed E-state index contributed by atoms with van der Waals surface area (Å²) in [5, 5.41) is 2.27. The number of amides is 3. The van der Waals surface area contributed by atoms with Gasteiger partial charge in [0.25, 0.3) is 0 Å². The van der Waals surface area contributed by atoms with E-state index in [1.807, 2.05) is 12.1 Å². The summed E-state index contributed by atoms with van der Waals surface area (Å²) < 4.78 is 5.76. The van der Waals surface area contributed by atoms with E-state index >= 15 is 0 Å². The number of carbonyl (C=O) groups is 3. The number of carbonyl (C=O) groups excluding carboxylic acids is 3. The van der Waals surface area contributed by atoms with Crippen LogP contribution in [0.5, 0.6) is 0 Å². The normalized spacial score (nSPS) is 29.1. The van der Waals surface area contributed by atoms with Gasteiger partial charge in [0.05, 0.1) is 6.42 Å². The molecule has 1 aromatic heterocycles. The van der Waals surface area contributed by atoms with Crippen LogP contribution in [0.3, 0.4) is 0 Å². The summed E-state index contributed by atoms with van der Waals surface area (Å²) in [5.41, 5.74) is 0. The third-order valence-corrected chi connectivity index (χ3v) is 4.99. The lowest BCUT2D eigenvalue weighted by Crippen LogP contribution is -2.45. The Balaban J connectivity index is 1.46. The lowest BCUT2D eigenvalue weighted by atomic mass is 10.2. The lowest BCUT2D eigenvalue weighted by molar-refractivity contribution is -0.135. The van der Waals surface area contributed by atoms with E-state index in [1.54, 1.807) is 11.0 Å². The number of hydrogen-bond acceptors (Lipinski definition) is 4. The lowest BCUT2D eigenvalue weighted by Gasteiger charge is -2.25. The predicted octanol–water partition coefficient (Wildman–Crippen LogP) is 1.82. The Kier molecular flexibility index (Phi) is 3.55. The Morgan fingerprint density at radius 1 is 1.33 bits per heavy atom. The van der Waals surface area contributed by atoms with Crippen LogP contribution in [0.25, 0.3) is 6.08 Å². The molecule has 6 heteroatoms. The van der Waals surface area contributed by atoms with Gasteiger partial charge in [-0.3, -0.25) is 19.7 Å². The van der Waals surface area contributed by atoms with Crippen molar-refractivity contribution in [3.05, 3.63) is 29.7 Å². The molecule has 0 spiro atoms. The smallest absolute Gasteiger partial charge is 0.249 e. The first-order valence-corrected chi connectivity index (χ1v) is 8.46. The van der Waals surface area contributed by atoms with Gasteiger partial charge in [-0.15, -0.1) is 0 Å². The number of imide groups is 1. The van der Waals surface area contributed by atoms with E-state index < -0.39 is 6.04 Å². The van der Waals surface area contributed by atoms with Crippen LogP contribution >= 0.6 is 0 Å². The number of nitrogens with one attached hydrogen (secondary N) is 1. The average Bonchev–Trinajstić information content (AvgIpc) is 3.42. The van der Waals surface area contributed by atoms with Gasteiger partial charge >= 0.3 is 0 Å². The summed E-state index contributed by atoms with van der Waals surface area (Å²) in [4.78, 5) is 37.4.